The number of hydrogen-bond donors (Lipinski definition) is 0. The minimum absolute atomic E-state index is 0.0970. The molecule has 32 heavy (non-hydrogen) atoms. The molecule has 0 fully saturated rings. The second-order valence-corrected chi connectivity index (χ2v) is 8.87. The van der Waals surface area contributed by atoms with E-state index in [1.807, 2.05) is 57.2 Å². The van der Waals surface area contributed by atoms with Crippen LogP contribution in [0.2, 0.25) is 5.02 Å². The lowest BCUT2D eigenvalue weighted by molar-refractivity contribution is -0.530. The monoisotopic (exact) mass is 449 g/mol. The van der Waals surface area contributed by atoms with Crippen LogP contribution in [0.15, 0.2) is 71.5 Å². The molecule has 1 heterocycles. The van der Waals surface area contributed by atoms with Crippen molar-refractivity contribution < 1.29 is 9.13 Å². The summed E-state index contributed by atoms with van der Waals surface area (Å²) in [5, 5.41) is 18.0. The number of halogens is 2. The van der Waals surface area contributed by atoms with Crippen LogP contribution in [0.3, 0.4) is 0 Å². The van der Waals surface area contributed by atoms with Gasteiger partial charge in [-0.05, 0) is 36.4 Å². The summed E-state index contributed by atoms with van der Waals surface area (Å²) in [4.78, 5) is 13.1. The normalized spacial score (nSPS) is 12.3. The van der Waals surface area contributed by atoms with Crippen molar-refractivity contribution in [3.8, 4) is 16.9 Å². The van der Waals surface area contributed by atoms with Crippen LogP contribution in [0.4, 0.5) is 4.39 Å². The number of hydroxylamine groups is 1. The van der Waals surface area contributed by atoms with E-state index in [0.29, 0.717) is 27.7 Å². The predicted octanol–water partition coefficient (Wildman–Crippen LogP) is 5.57. The van der Waals surface area contributed by atoms with Crippen molar-refractivity contribution in [3.05, 3.63) is 98.7 Å². The maximum Gasteiger partial charge on any atom is 0.279 e. The Morgan fingerprint density at radius 2 is 1.75 bits per heavy atom. The van der Waals surface area contributed by atoms with E-state index < -0.39 is 11.4 Å². The minimum atomic E-state index is -0.575. The van der Waals surface area contributed by atoms with Crippen LogP contribution in [0, 0.1) is 11.0 Å². The fraction of sp³-hybridized carbons (Fsp3) is 0.160. The third kappa shape index (κ3) is 4.14. The van der Waals surface area contributed by atoms with Gasteiger partial charge < -0.3 is 5.21 Å². The maximum absolute atomic E-state index is 13.7. The zero-order valence-corrected chi connectivity index (χ0v) is 18.6. The largest absolute Gasteiger partial charge is 0.623 e. The van der Waals surface area contributed by atoms with Gasteiger partial charge in [0.1, 0.15) is 5.82 Å². The average molecular weight is 450 g/mol. The highest BCUT2D eigenvalue weighted by molar-refractivity contribution is 6.30. The standard InChI is InChI=1S/C25H21ClFN3O2/c1-25(2,3)29(32)15-16-7-6-8-17(13-16)23-19-9-4-5-10-20(19)24(31)30(28-23)18-11-12-22(27)21(26)14-18/h4-15H,1-3H3/b29-15-. The van der Waals surface area contributed by atoms with Gasteiger partial charge in [-0.3, -0.25) is 4.79 Å². The van der Waals surface area contributed by atoms with Gasteiger partial charge in [0.2, 0.25) is 0 Å². The number of benzene rings is 3. The molecule has 3 aromatic carbocycles. The molecular formula is C25H21ClFN3O2. The van der Waals surface area contributed by atoms with Gasteiger partial charge in [0.25, 0.3) is 5.56 Å². The molecule has 0 aliphatic heterocycles. The average Bonchev–Trinajstić information content (AvgIpc) is 2.76. The Balaban J connectivity index is 1.96. The first-order chi connectivity index (χ1) is 15.1. The van der Waals surface area contributed by atoms with Crippen LogP contribution < -0.4 is 5.56 Å². The summed E-state index contributed by atoms with van der Waals surface area (Å²) in [6.45, 7) is 5.50. The van der Waals surface area contributed by atoms with Crippen molar-refractivity contribution >= 4 is 28.6 Å². The Labute approximate surface area is 189 Å². The zero-order valence-electron chi connectivity index (χ0n) is 17.8. The Bertz CT molecular complexity index is 1420. The number of hydrogen-bond acceptors (Lipinski definition) is 3. The molecule has 1 aromatic heterocycles. The van der Waals surface area contributed by atoms with E-state index in [-0.39, 0.29) is 10.6 Å². The summed E-state index contributed by atoms with van der Waals surface area (Å²) >= 11 is 5.94. The first-order valence-electron chi connectivity index (χ1n) is 10.0. The summed E-state index contributed by atoms with van der Waals surface area (Å²) < 4.78 is 15.8. The van der Waals surface area contributed by atoms with Gasteiger partial charge in [-0.2, -0.15) is 9.78 Å². The van der Waals surface area contributed by atoms with Crippen molar-refractivity contribution in [2.75, 3.05) is 0 Å². The highest BCUT2D eigenvalue weighted by Crippen LogP contribution is 2.27. The second-order valence-electron chi connectivity index (χ2n) is 8.46. The van der Waals surface area contributed by atoms with Gasteiger partial charge in [0.15, 0.2) is 11.8 Å². The van der Waals surface area contributed by atoms with Crippen molar-refractivity contribution in [3.63, 3.8) is 0 Å². The van der Waals surface area contributed by atoms with Crippen LogP contribution in [-0.4, -0.2) is 26.3 Å². The highest BCUT2D eigenvalue weighted by Gasteiger charge is 2.19. The SMILES string of the molecule is CC(C)(C)/[N+]([O-])=C/c1cccc(-c2nn(-c3ccc(F)c(Cl)c3)c(=O)c3ccccc23)c1. The summed E-state index contributed by atoms with van der Waals surface area (Å²) in [6, 6.07) is 18.6. The third-order valence-corrected chi connectivity index (χ3v) is 5.33. The van der Waals surface area contributed by atoms with Crippen LogP contribution in [-0.2, 0) is 0 Å². The predicted molar refractivity (Wildman–Crippen MR) is 126 cm³/mol. The maximum atomic E-state index is 13.7. The Morgan fingerprint density at radius 1 is 1.03 bits per heavy atom. The summed E-state index contributed by atoms with van der Waals surface area (Å²) in [5.41, 5.74) is 1.45. The molecule has 7 heteroatoms. The van der Waals surface area contributed by atoms with Crippen LogP contribution in [0.25, 0.3) is 27.7 Å². The molecule has 0 radical (unpaired) electrons. The van der Waals surface area contributed by atoms with Crippen molar-refractivity contribution in [1.82, 2.24) is 9.78 Å². The Morgan fingerprint density at radius 3 is 2.44 bits per heavy atom. The lowest BCUT2D eigenvalue weighted by atomic mass is 10.0. The number of nitrogens with zero attached hydrogens (tertiary/aromatic N) is 3. The molecule has 0 unspecified atom stereocenters. The molecule has 0 aliphatic rings. The van der Waals surface area contributed by atoms with Crippen LogP contribution >= 0.6 is 11.6 Å². The highest BCUT2D eigenvalue weighted by atomic mass is 35.5. The van der Waals surface area contributed by atoms with Gasteiger partial charge in [-0.25, -0.2) is 9.13 Å². The molecule has 4 aromatic rings. The van der Waals surface area contributed by atoms with Gasteiger partial charge in [-0.1, -0.05) is 41.9 Å². The van der Waals surface area contributed by atoms with E-state index in [0.717, 1.165) is 10.3 Å². The molecule has 162 valence electrons. The smallest absolute Gasteiger partial charge is 0.279 e. The summed E-state index contributed by atoms with van der Waals surface area (Å²) in [5.74, 6) is -0.575. The molecule has 0 amide bonds. The lowest BCUT2D eigenvalue weighted by Gasteiger charge is -2.18. The quantitative estimate of drug-likeness (QED) is 0.178. The summed E-state index contributed by atoms with van der Waals surface area (Å²) in [6.07, 6.45) is 1.53. The molecule has 0 saturated heterocycles. The molecular weight excluding hydrogens is 429 g/mol. The number of rotatable bonds is 3. The molecule has 5 nitrogen and oxygen atoms in total. The molecule has 0 aliphatic carbocycles. The third-order valence-electron chi connectivity index (χ3n) is 5.04. The molecule has 0 spiro atoms. The number of aromatic nitrogens is 2. The lowest BCUT2D eigenvalue weighted by Crippen LogP contribution is -2.29. The van der Waals surface area contributed by atoms with E-state index >= 15 is 0 Å². The Hall–Kier alpha value is -3.51. The van der Waals surface area contributed by atoms with E-state index in [4.69, 9.17) is 11.6 Å². The minimum Gasteiger partial charge on any atom is -0.623 e. The Kier molecular flexibility index (Phi) is 5.57. The van der Waals surface area contributed by atoms with Crippen molar-refractivity contribution in [2.45, 2.75) is 26.3 Å². The zero-order chi connectivity index (χ0) is 23.0. The van der Waals surface area contributed by atoms with Crippen LogP contribution in [0.5, 0.6) is 0 Å². The molecule has 0 atom stereocenters. The van der Waals surface area contributed by atoms with Crippen molar-refractivity contribution in [1.29, 1.82) is 0 Å². The van der Waals surface area contributed by atoms with Gasteiger partial charge in [0.05, 0.1) is 21.8 Å². The van der Waals surface area contributed by atoms with Gasteiger partial charge >= 0.3 is 0 Å². The van der Waals surface area contributed by atoms with E-state index in [1.54, 1.807) is 12.1 Å². The van der Waals surface area contributed by atoms with E-state index in [2.05, 4.69) is 5.10 Å². The van der Waals surface area contributed by atoms with E-state index in [1.165, 1.54) is 29.1 Å². The second kappa shape index (κ2) is 8.20. The summed E-state index contributed by atoms with van der Waals surface area (Å²) in [7, 11) is 0. The molecule has 0 saturated carbocycles. The first kappa shape index (κ1) is 21.7. The molecule has 0 N–H and O–H groups in total. The van der Waals surface area contributed by atoms with Gasteiger partial charge in [0, 0.05) is 37.3 Å². The fourth-order valence-electron chi connectivity index (χ4n) is 3.29. The fourth-order valence-corrected chi connectivity index (χ4v) is 3.46. The topological polar surface area (TPSA) is 61.0 Å². The molecule has 0 bridgehead atoms. The van der Waals surface area contributed by atoms with E-state index in [9.17, 15) is 14.4 Å². The molecule has 4 rings (SSSR count). The first-order valence-corrected chi connectivity index (χ1v) is 10.4. The number of fused-ring (bicyclic) bond motifs is 1. The van der Waals surface area contributed by atoms with Gasteiger partial charge in [-0.15, -0.1) is 0 Å². The van der Waals surface area contributed by atoms with Crippen molar-refractivity contribution in [2.24, 2.45) is 0 Å². The van der Waals surface area contributed by atoms with Crippen LogP contribution in [0.1, 0.15) is 26.3 Å².